The second kappa shape index (κ2) is 34.3. The maximum absolute atomic E-state index is 3.35. The summed E-state index contributed by atoms with van der Waals surface area (Å²) in [5.74, 6) is 1.45. The molecule has 0 N–H and O–H groups in total. The first-order valence-electron chi connectivity index (χ1n) is 26.9. The van der Waals surface area contributed by atoms with Gasteiger partial charge in [-0.3, -0.25) is 12.2 Å². The number of hydrogen-bond donors (Lipinski definition) is 0. The van der Waals surface area contributed by atoms with Gasteiger partial charge in [-0.25, -0.2) is 23.3 Å². The summed E-state index contributed by atoms with van der Waals surface area (Å²) >= 11 is 0. The third kappa shape index (κ3) is 18.6. The van der Waals surface area contributed by atoms with Crippen molar-refractivity contribution in [3.05, 3.63) is 120 Å². The van der Waals surface area contributed by atoms with Crippen LogP contribution in [0.1, 0.15) is 195 Å². The maximum atomic E-state index is 3.35. The first kappa shape index (κ1) is 62.1. The second-order valence-corrected chi connectivity index (χ2v) is 26.1. The fourth-order valence-electron chi connectivity index (χ4n) is 12.1. The Morgan fingerprint density at radius 2 is 0.794 bits per heavy atom. The third-order valence-corrected chi connectivity index (χ3v) is 22.5. The minimum atomic E-state index is 0. The molecule has 6 aliphatic rings. The van der Waals surface area contributed by atoms with Gasteiger partial charge in [-0.05, 0) is 86.8 Å². The Morgan fingerprint density at radius 1 is 0.485 bits per heavy atom. The van der Waals surface area contributed by atoms with Gasteiger partial charge in [-0.1, -0.05) is 157 Å². The van der Waals surface area contributed by atoms with Gasteiger partial charge in [0.05, 0.1) is 0 Å². The SMILES string of the molecule is CCCC(C)C1=[C-]CC=C1.CCCC(C)C1=[C-]CC=C1.[Cl-].[Cl-].[Zr+2].[Zr+2].c1ccc2[cH-]c(P(C3CCCCC3)C3CCCCC3)cc2c1.c1ccc2[cH-]c(P(C3CCCCC3)C3CCCCC3)cc2c1. The zero-order valence-corrected chi connectivity index (χ0v) is 51.0. The monoisotopic (exact) mass is 1140 g/mol. The van der Waals surface area contributed by atoms with Gasteiger partial charge in [0.25, 0.3) is 0 Å². The van der Waals surface area contributed by atoms with Crippen molar-refractivity contribution in [2.45, 2.75) is 217 Å². The van der Waals surface area contributed by atoms with E-state index in [1.54, 1.807) is 10.6 Å². The molecule has 0 bridgehead atoms. The smallest absolute Gasteiger partial charge is 1.00 e. The first-order chi connectivity index (χ1) is 31.5. The predicted molar refractivity (Wildman–Crippen MR) is 289 cm³/mol. The fraction of sp³-hybridized carbons (Fsp3) is 0.581. The van der Waals surface area contributed by atoms with Crippen molar-refractivity contribution in [3.63, 3.8) is 0 Å². The third-order valence-electron chi connectivity index (χ3n) is 15.6. The molecule has 68 heavy (non-hydrogen) atoms. The van der Waals surface area contributed by atoms with Crippen LogP contribution in [-0.4, -0.2) is 22.6 Å². The van der Waals surface area contributed by atoms with E-state index in [2.05, 4.69) is 137 Å². The Kier molecular flexibility index (Phi) is 31.4. The molecule has 0 nitrogen and oxygen atoms in total. The molecule has 0 aliphatic heterocycles. The predicted octanol–water partition coefficient (Wildman–Crippen LogP) is 12.9. The Balaban J connectivity index is 0.000000251. The molecule has 2 unspecified atom stereocenters. The molecule has 0 heterocycles. The van der Waals surface area contributed by atoms with Gasteiger partial charge >= 0.3 is 52.4 Å². The fourth-order valence-corrected chi connectivity index (χ4v) is 19.9. The van der Waals surface area contributed by atoms with E-state index in [1.165, 1.54) is 187 Å². The van der Waals surface area contributed by atoms with Crippen molar-refractivity contribution in [2.24, 2.45) is 11.8 Å². The van der Waals surface area contributed by atoms with E-state index in [1.807, 2.05) is 0 Å². The molecule has 6 aliphatic carbocycles. The Labute approximate surface area is 470 Å². The maximum Gasteiger partial charge on any atom is 2.00 e. The van der Waals surface area contributed by atoms with Crippen LogP contribution in [0.2, 0.25) is 0 Å². The van der Waals surface area contributed by atoms with Crippen molar-refractivity contribution in [1.29, 1.82) is 0 Å². The average Bonchev–Trinajstić information content (AvgIpc) is 4.20. The summed E-state index contributed by atoms with van der Waals surface area (Å²) < 4.78 is 0. The van der Waals surface area contributed by atoms with Crippen LogP contribution in [0.5, 0.6) is 0 Å². The summed E-state index contributed by atoms with van der Waals surface area (Å²) in [6.07, 6.45) is 52.5. The molecule has 4 fully saturated rings. The molecular weight excluding hydrogens is 1060 g/mol. The van der Waals surface area contributed by atoms with E-state index in [-0.39, 0.29) is 93.1 Å². The molecule has 6 heteroatoms. The minimum Gasteiger partial charge on any atom is -1.00 e. The average molecular weight is 1150 g/mol. The van der Waals surface area contributed by atoms with Gasteiger partial charge in [0.2, 0.25) is 0 Å². The molecule has 4 aromatic carbocycles. The molecule has 0 radical (unpaired) electrons. The van der Waals surface area contributed by atoms with Gasteiger partial charge in [0.1, 0.15) is 0 Å². The van der Waals surface area contributed by atoms with E-state index < -0.39 is 0 Å². The van der Waals surface area contributed by atoms with Crippen LogP contribution in [0.4, 0.5) is 0 Å². The van der Waals surface area contributed by atoms with E-state index in [0.717, 1.165) is 47.3 Å². The molecule has 4 aromatic rings. The van der Waals surface area contributed by atoms with E-state index in [0.29, 0.717) is 0 Å². The Bertz CT molecular complexity index is 1820. The summed E-state index contributed by atoms with van der Waals surface area (Å²) in [7, 11) is 0.122. The summed E-state index contributed by atoms with van der Waals surface area (Å²) in [6.45, 7) is 9.02. The number of fused-ring (bicyclic) bond motifs is 2. The second-order valence-electron chi connectivity index (χ2n) is 20.5. The number of allylic oxidation sites excluding steroid dienone is 8. The van der Waals surface area contributed by atoms with Crippen LogP contribution in [0.15, 0.2) is 108 Å². The number of benzene rings is 2. The van der Waals surface area contributed by atoms with Crippen molar-refractivity contribution in [2.75, 3.05) is 0 Å². The molecule has 4 saturated carbocycles. The van der Waals surface area contributed by atoms with Crippen LogP contribution < -0.4 is 35.4 Å². The number of rotatable bonds is 12. The van der Waals surface area contributed by atoms with E-state index in [9.17, 15) is 0 Å². The Hall–Kier alpha value is -0.174. The van der Waals surface area contributed by atoms with Gasteiger partial charge in [0, 0.05) is 0 Å². The standard InChI is InChI=1S/2C21H28P.2C10H15.2ClH.2Zr/c2*1-3-11-19(12-4-1)22(20-13-5-2-6-14-20)21-15-17-9-7-8-10-18(17)16-21;2*1-3-6-9(2)10-7-4-5-8-10;;;;/h2*7-10,15-16,19-20H,1-6,11-14H2;2*4,7,9H,3,5-6H2,1-2H3;2*1H;;/q4*-1;;;2*+2/p-2. The van der Waals surface area contributed by atoms with Crippen LogP contribution in [0.25, 0.3) is 21.5 Å². The van der Waals surface area contributed by atoms with Crippen molar-refractivity contribution >= 4 is 48.0 Å². The minimum absolute atomic E-state index is 0. The van der Waals surface area contributed by atoms with Gasteiger partial charge in [0.15, 0.2) is 0 Å². The molecule has 368 valence electrons. The summed E-state index contributed by atoms with van der Waals surface area (Å²) in [5, 5.41) is 9.34. The van der Waals surface area contributed by atoms with Gasteiger partial charge < -0.3 is 24.8 Å². The quantitative estimate of drug-likeness (QED) is 0.0980. The molecule has 2 atom stereocenters. The van der Waals surface area contributed by atoms with Crippen molar-refractivity contribution in [3.8, 4) is 0 Å². The molecule has 0 aromatic heterocycles. The zero-order chi connectivity index (χ0) is 44.4. The molecule has 10 rings (SSSR count). The van der Waals surface area contributed by atoms with Gasteiger partial charge in [-0.15, -0.1) is 93.5 Å². The Morgan fingerprint density at radius 3 is 1.06 bits per heavy atom. The summed E-state index contributed by atoms with van der Waals surface area (Å²) in [5.41, 5.74) is 6.91. The van der Waals surface area contributed by atoms with E-state index >= 15 is 0 Å². The van der Waals surface area contributed by atoms with Crippen LogP contribution in [0.3, 0.4) is 0 Å². The summed E-state index contributed by atoms with van der Waals surface area (Å²) in [4.78, 5) is 0. The molecule has 0 amide bonds. The molecule has 0 spiro atoms. The van der Waals surface area contributed by atoms with Crippen molar-refractivity contribution < 1.29 is 77.2 Å². The number of hydrogen-bond acceptors (Lipinski definition) is 0. The molecule has 0 saturated heterocycles. The van der Waals surface area contributed by atoms with E-state index in [4.69, 9.17) is 0 Å². The first-order valence-corrected chi connectivity index (χ1v) is 29.9. The van der Waals surface area contributed by atoms with Crippen LogP contribution in [-0.2, 0) is 52.4 Å². The van der Waals surface area contributed by atoms with Gasteiger partial charge in [-0.2, -0.15) is 24.3 Å². The van der Waals surface area contributed by atoms with Crippen molar-refractivity contribution in [1.82, 2.24) is 0 Å². The number of halogens is 2. The summed E-state index contributed by atoms with van der Waals surface area (Å²) in [6, 6.07) is 28.1. The normalized spacial score (nSPS) is 19.7. The zero-order valence-electron chi connectivity index (χ0n) is 42.7. The topological polar surface area (TPSA) is 0 Å². The molecular formula is C62H86Cl2P2Zr2-2. The largest absolute Gasteiger partial charge is 2.00 e. The van der Waals surface area contributed by atoms with Crippen LogP contribution in [0, 0.1) is 24.0 Å². The van der Waals surface area contributed by atoms with Crippen LogP contribution >= 0.6 is 15.8 Å².